The number of hydrogen-bond donors (Lipinski definition) is 1. The Kier molecular flexibility index (Phi) is 3.41. The SMILES string of the molecule is CN1CCN(NCc2cnsn2)CC1. The number of piperazine rings is 1. The van der Waals surface area contributed by atoms with Crippen molar-refractivity contribution in [3.05, 3.63) is 11.9 Å². The van der Waals surface area contributed by atoms with Crippen molar-refractivity contribution in [1.29, 1.82) is 0 Å². The van der Waals surface area contributed by atoms with Gasteiger partial charge in [0, 0.05) is 26.2 Å². The molecular formula is C8H15N5S. The first kappa shape index (κ1) is 9.97. The highest BCUT2D eigenvalue weighted by atomic mass is 32.1. The third-order valence-corrected chi connectivity index (χ3v) is 2.91. The lowest BCUT2D eigenvalue weighted by atomic mass is 10.4. The predicted octanol–water partition coefficient (Wildman–Crippen LogP) is -0.210. The number of hydrazine groups is 1. The van der Waals surface area contributed by atoms with E-state index in [0.717, 1.165) is 38.4 Å². The van der Waals surface area contributed by atoms with Gasteiger partial charge in [0.1, 0.15) is 0 Å². The second kappa shape index (κ2) is 4.79. The van der Waals surface area contributed by atoms with E-state index in [0.29, 0.717) is 0 Å². The summed E-state index contributed by atoms with van der Waals surface area (Å²) >= 11 is 1.26. The molecule has 0 saturated carbocycles. The Bertz CT molecular complexity index is 255. The van der Waals surface area contributed by atoms with Crippen LogP contribution in [0.4, 0.5) is 0 Å². The number of nitrogens with zero attached hydrogens (tertiary/aromatic N) is 4. The Balaban J connectivity index is 1.71. The quantitative estimate of drug-likeness (QED) is 0.752. The summed E-state index contributed by atoms with van der Waals surface area (Å²) in [4.78, 5) is 2.34. The Morgan fingerprint density at radius 1 is 1.43 bits per heavy atom. The van der Waals surface area contributed by atoms with Crippen molar-refractivity contribution < 1.29 is 0 Å². The van der Waals surface area contributed by atoms with Gasteiger partial charge in [0.2, 0.25) is 0 Å². The fraction of sp³-hybridized carbons (Fsp3) is 0.750. The summed E-state index contributed by atoms with van der Waals surface area (Å²) in [6.07, 6.45) is 1.81. The van der Waals surface area contributed by atoms with Gasteiger partial charge in [0.25, 0.3) is 0 Å². The third kappa shape index (κ3) is 2.71. The van der Waals surface area contributed by atoms with Crippen LogP contribution in [0.5, 0.6) is 0 Å². The molecule has 2 rings (SSSR count). The smallest absolute Gasteiger partial charge is 0.0894 e. The van der Waals surface area contributed by atoms with Gasteiger partial charge in [-0.1, -0.05) is 0 Å². The Labute approximate surface area is 88.0 Å². The molecule has 1 saturated heterocycles. The third-order valence-electron chi connectivity index (χ3n) is 2.39. The van der Waals surface area contributed by atoms with Gasteiger partial charge in [-0.25, -0.2) is 10.4 Å². The number of aromatic nitrogens is 2. The van der Waals surface area contributed by atoms with Gasteiger partial charge in [-0.3, -0.25) is 0 Å². The summed E-state index contributed by atoms with van der Waals surface area (Å²) in [7, 11) is 2.15. The first-order valence-electron chi connectivity index (χ1n) is 4.78. The van der Waals surface area contributed by atoms with Crippen LogP contribution >= 0.6 is 11.7 Å². The molecule has 6 heteroatoms. The molecule has 0 radical (unpaired) electrons. The molecule has 0 amide bonds. The molecule has 1 aromatic heterocycles. The fourth-order valence-corrected chi connectivity index (χ4v) is 1.85. The molecule has 1 aromatic rings. The molecule has 1 aliphatic heterocycles. The van der Waals surface area contributed by atoms with E-state index in [2.05, 4.69) is 31.1 Å². The van der Waals surface area contributed by atoms with Crippen LogP contribution in [0.15, 0.2) is 6.20 Å². The van der Waals surface area contributed by atoms with Crippen LogP contribution in [0.2, 0.25) is 0 Å². The molecule has 1 fully saturated rings. The number of rotatable bonds is 3. The zero-order valence-corrected chi connectivity index (χ0v) is 9.13. The zero-order valence-electron chi connectivity index (χ0n) is 8.31. The van der Waals surface area contributed by atoms with Crippen LogP contribution < -0.4 is 5.43 Å². The standard InChI is InChI=1S/C8H15N5S/c1-12-2-4-13(5-3-12)9-6-8-7-10-14-11-8/h7,9H,2-6H2,1H3. The molecule has 5 nitrogen and oxygen atoms in total. The van der Waals surface area contributed by atoms with Crippen molar-refractivity contribution in [2.75, 3.05) is 33.2 Å². The molecule has 0 aromatic carbocycles. The monoisotopic (exact) mass is 213 g/mol. The van der Waals surface area contributed by atoms with Gasteiger partial charge in [-0.2, -0.15) is 8.75 Å². The molecule has 14 heavy (non-hydrogen) atoms. The first-order chi connectivity index (χ1) is 6.84. The van der Waals surface area contributed by atoms with Crippen molar-refractivity contribution in [3.63, 3.8) is 0 Å². The fourth-order valence-electron chi connectivity index (χ4n) is 1.42. The van der Waals surface area contributed by atoms with E-state index in [-0.39, 0.29) is 0 Å². The molecule has 0 unspecified atom stereocenters. The molecule has 0 aliphatic carbocycles. The van der Waals surface area contributed by atoms with Crippen LogP contribution in [0.3, 0.4) is 0 Å². The van der Waals surface area contributed by atoms with E-state index in [1.54, 1.807) is 0 Å². The normalized spacial score (nSPS) is 20.1. The van der Waals surface area contributed by atoms with E-state index in [9.17, 15) is 0 Å². The first-order valence-corrected chi connectivity index (χ1v) is 5.51. The second-order valence-corrected chi connectivity index (χ2v) is 4.08. The van der Waals surface area contributed by atoms with E-state index in [1.807, 2.05) is 6.20 Å². The highest BCUT2D eigenvalue weighted by Crippen LogP contribution is 1.98. The average molecular weight is 213 g/mol. The summed E-state index contributed by atoms with van der Waals surface area (Å²) in [6.45, 7) is 5.20. The molecule has 78 valence electrons. The molecule has 0 bridgehead atoms. The summed E-state index contributed by atoms with van der Waals surface area (Å²) < 4.78 is 8.11. The molecule has 0 spiro atoms. The molecule has 2 heterocycles. The Hall–Kier alpha value is -0.560. The van der Waals surface area contributed by atoms with Gasteiger partial charge in [-0.15, -0.1) is 0 Å². The van der Waals surface area contributed by atoms with Crippen LogP contribution in [0.1, 0.15) is 5.69 Å². The van der Waals surface area contributed by atoms with Crippen LogP contribution in [0, 0.1) is 0 Å². The predicted molar refractivity (Wildman–Crippen MR) is 55.8 cm³/mol. The summed E-state index contributed by atoms with van der Waals surface area (Å²) in [5, 5.41) is 2.25. The van der Waals surface area contributed by atoms with E-state index >= 15 is 0 Å². The highest BCUT2D eigenvalue weighted by Gasteiger charge is 2.12. The van der Waals surface area contributed by atoms with Crippen LogP contribution in [-0.4, -0.2) is 51.9 Å². The lowest BCUT2D eigenvalue weighted by Gasteiger charge is -2.32. The van der Waals surface area contributed by atoms with Crippen molar-refractivity contribution >= 4 is 11.7 Å². The number of likely N-dealkylation sites (N-methyl/N-ethyl adjacent to an activating group) is 1. The zero-order chi connectivity index (χ0) is 9.80. The van der Waals surface area contributed by atoms with Crippen molar-refractivity contribution in [1.82, 2.24) is 24.1 Å². The Morgan fingerprint density at radius 2 is 2.21 bits per heavy atom. The minimum atomic E-state index is 0.792. The lowest BCUT2D eigenvalue weighted by Crippen LogP contribution is -2.50. The van der Waals surface area contributed by atoms with E-state index in [1.165, 1.54) is 11.7 Å². The molecular weight excluding hydrogens is 198 g/mol. The van der Waals surface area contributed by atoms with Gasteiger partial charge in [0.05, 0.1) is 30.2 Å². The van der Waals surface area contributed by atoms with Crippen molar-refractivity contribution in [2.45, 2.75) is 6.54 Å². The van der Waals surface area contributed by atoms with Gasteiger partial charge >= 0.3 is 0 Å². The molecule has 1 aliphatic rings. The Morgan fingerprint density at radius 3 is 2.86 bits per heavy atom. The van der Waals surface area contributed by atoms with Gasteiger partial charge < -0.3 is 4.90 Å². The maximum Gasteiger partial charge on any atom is 0.0894 e. The largest absolute Gasteiger partial charge is 0.304 e. The maximum absolute atomic E-state index is 4.15. The van der Waals surface area contributed by atoms with Crippen molar-refractivity contribution in [3.8, 4) is 0 Å². The topological polar surface area (TPSA) is 44.3 Å². The minimum Gasteiger partial charge on any atom is -0.304 e. The second-order valence-electron chi connectivity index (χ2n) is 3.52. The summed E-state index contributed by atoms with van der Waals surface area (Å²) in [5.41, 5.74) is 4.38. The summed E-state index contributed by atoms with van der Waals surface area (Å²) in [6, 6.07) is 0. The summed E-state index contributed by atoms with van der Waals surface area (Å²) in [5.74, 6) is 0. The molecule has 1 N–H and O–H groups in total. The number of hydrogen-bond acceptors (Lipinski definition) is 6. The van der Waals surface area contributed by atoms with Crippen LogP contribution in [0.25, 0.3) is 0 Å². The van der Waals surface area contributed by atoms with E-state index in [4.69, 9.17) is 0 Å². The number of nitrogens with one attached hydrogen (secondary N) is 1. The average Bonchev–Trinajstić information content (AvgIpc) is 2.70. The van der Waals surface area contributed by atoms with E-state index < -0.39 is 0 Å². The van der Waals surface area contributed by atoms with Gasteiger partial charge in [0.15, 0.2) is 0 Å². The van der Waals surface area contributed by atoms with Gasteiger partial charge in [-0.05, 0) is 7.05 Å². The van der Waals surface area contributed by atoms with Crippen molar-refractivity contribution in [2.24, 2.45) is 0 Å². The highest BCUT2D eigenvalue weighted by molar-refractivity contribution is 6.99. The molecule has 0 atom stereocenters. The lowest BCUT2D eigenvalue weighted by molar-refractivity contribution is 0.102. The maximum atomic E-state index is 4.15. The minimum absolute atomic E-state index is 0.792. The van der Waals surface area contributed by atoms with Crippen LogP contribution in [-0.2, 0) is 6.54 Å².